The summed E-state index contributed by atoms with van der Waals surface area (Å²) in [6.07, 6.45) is 8.73. The monoisotopic (exact) mass is 773 g/mol. The topological polar surface area (TPSA) is 98.7 Å². The van der Waals surface area contributed by atoms with E-state index >= 15 is 0 Å². The third-order valence-corrected chi connectivity index (χ3v) is 11.3. The Hall–Kier alpha value is -4.28. The first-order valence-corrected chi connectivity index (χ1v) is 19.7. The highest BCUT2D eigenvalue weighted by Gasteiger charge is 2.34. The summed E-state index contributed by atoms with van der Waals surface area (Å²) in [4.78, 5) is 24.5. The van der Waals surface area contributed by atoms with Crippen LogP contribution in [-0.2, 0) is 22.8 Å². The first-order chi connectivity index (χ1) is 25.0. The van der Waals surface area contributed by atoms with Gasteiger partial charge < -0.3 is 9.47 Å². The van der Waals surface area contributed by atoms with E-state index in [-0.39, 0.29) is 29.0 Å². The lowest BCUT2D eigenvalue weighted by atomic mass is 9.85. The Balaban J connectivity index is 0.000000203. The lowest BCUT2D eigenvalue weighted by molar-refractivity contribution is 0.0895. The minimum absolute atomic E-state index is 0. The van der Waals surface area contributed by atoms with Crippen molar-refractivity contribution >= 4 is 39.6 Å². The fourth-order valence-corrected chi connectivity index (χ4v) is 7.88. The highest BCUT2D eigenvalue weighted by Crippen LogP contribution is 2.40. The van der Waals surface area contributed by atoms with Crippen molar-refractivity contribution in [3.8, 4) is 33.9 Å². The van der Waals surface area contributed by atoms with Crippen LogP contribution in [0.25, 0.3) is 22.4 Å². The number of Topliss-reactive ketones (excluding diaryl/α,β-unsaturated/α-hetero) is 1. The molecule has 2 aromatic heterocycles. The number of hydrogen-bond acceptors (Lipinski definition) is 8. The highest BCUT2D eigenvalue weighted by atomic mass is 35.5. The molecule has 3 aromatic carbocycles. The van der Waals surface area contributed by atoms with Gasteiger partial charge in [0, 0.05) is 53.5 Å². The summed E-state index contributed by atoms with van der Waals surface area (Å²) in [6.45, 7) is 5.19. The Bertz CT molecular complexity index is 2120. The van der Waals surface area contributed by atoms with Crippen molar-refractivity contribution in [3.63, 3.8) is 0 Å². The average molecular weight is 775 g/mol. The van der Waals surface area contributed by atoms with Gasteiger partial charge in [0.05, 0.1) is 29.8 Å². The molecule has 8 nitrogen and oxygen atoms in total. The third kappa shape index (κ3) is 9.83. The van der Waals surface area contributed by atoms with Gasteiger partial charge in [-0.25, -0.2) is 8.42 Å². The number of aromatic nitrogens is 2. The molecular formula is C42H45Cl2N3O5S. The fraction of sp³-hybridized carbons (Fsp3) is 0.310. The van der Waals surface area contributed by atoms with Crippen LogP contribution in [0, 0.1) is 18.8 Å². The van der Waals surface area contributed by atoms with Crippen molar-refractivity contribution < 1.29 is 22.7 Å². The molecule has 7 rings (SSSR count). The maximum absolute atomic E-state index is 12.9. The van der Waals surface area contributed by atoms with E-state index in [0.717, 1.165) is 71.7 Å². The predicted octanol–water partition coefficient (Wildman–Crippen LogP) is 8.96. The van der Waals surface area contributed by atoms with Crippen LogP contribution >= 0.6 is 24.0 Å². The van der Waals surface area contributed by atoms with Crippen LogP contribution in [0.5, 0.6) is 11.5 Å². The summed E-state index contributed by atoms with van der Waals surface area (Å²) in [5.74, 6) is 2.38. The van der Waals surface area contributed by atoms with Crippen LogP contribution in [0.3, 0.4) is 0 Å². The number of carbonyl (C=O) groups is 1. The zero-order chi connectivity index (χ0) is 36.8. The van der Waals surface area contributed by atoms with E-state index in [2.05, 4.69) is 45.2 Å². The number of aryl methyl sites for hydroxylation is 1. The molecule has 11 heteroatoms. The van der Waals surface area contributed by atoms with Gasteiger partial charge in [0.15, 0.2) is 27.1 Å². The quantitative estimate of drug-likeness (QED) is 0.147. The van der Waals surface area contributed by atoms with E-state index < -0.39 is 9.84 Å². The molecule has 3 heterocycles. The molecule has 1 aliphatic carbocycles. The normalized spacial score (nSPS) is 15.9. The van der Waals surface area contributed by atoms with Crippen LogP contribution in [0.1, 0.15) is 46.4 Å². The summed E-state index contributed by atoms with van der Waals surface area (Å²) >= 11 is 6.11. The van der Waals surface area contributed by atoms with E-state index in [4.69, 9.17) is 21.1 Å². The number of fused-ring (bicyclic) bond motifs is 1. The molecule has 0 spiro atoms. The lowest BCUT2D eigenvalue weighted by Crippen LogP contribution is -2.34. The van der Waals surface area contributed by atoms with Gasteiger partial charge in [0.2, 0.25) is 0 Å². The summed E-state index contributed by atoms with van der Waals surface area (Å²) < 4.78 is 34.0. The summed E-state index contributed by atoms with van der Waals surface area (Å²) in [5.41, 5.74) is 7.52. The summed E-state index contributed by atoms with van der Waals surface area (Å²) in [6, 6.07) is 26.9. The van der Waals surface area contributed by atoms with E-state index in [1.54, 1.807) is 50.9 Å². The first-order valence-electron chi connectivity index (χ1n) is 17.5. The Labute approximate surface area is 323 Å². The number of ether oxygens (including phenoxy) is 2. The van der Waals surface area contributed by atoms with Gasteiger partial charge in [-0.15, -0.1) is 12.4 Å². The van der Waals surface area contributed by atoms with Crippen LogP contribution in [0.4, 0.5) is 0 Å². The first kappa shape index (κ1) is 39.9. The molecule has 1 aliphatic heterocycles. The Morgan fingerprint density at radius 1 is 0.830 bits per heavy atom. The molecule has 0 radical (unpaired) electrons. The van der Waals surface area contributed by atoms with E-state index in [1.165, 1.54) is 24.7 Å². The number of sulfone groups is 1. The number of piperidine rings is 1. The van der Waals surface area contributed by atoms with Crippen LogP contribution in [-0.4, -0.2) is 62.6 Å². The molecule has 1 saturated heterocycles. The molecule has 0 saturated carbocycles. The second-order valence-electron chi connectivity index (χ2n) is 13.6. The second-order valence-corrected chi connectivity index (χ2v) is 16.1. The van der Waals surface area contributed by atoms with Gasteiger partial charge in [0.1, 0.15) is 0 Å². The maximum atomic E-state index is 12.9. The third-order valence-electron chi connectivity index (χ3n) is 9.92. The molecule has 0 N–H and O–H groups in total. The molecule has 1 unspecified atom stereocenters. The van der Waals surface area contributed by atoms with Crippen molar-refractivity contribution in [1.29, 1.82) is 0 Å². The molecule has 278 valence electrons. The molecule has 1 atom stereocenters. The van der Waals surface area contributed by atoms with Gasteiger partial charge in [-0.1, -0.05) is 54.1 Å². The minimum Gasteiger partial charge on any atom is -0.493 e. The number of carbonyl (C=O) groups excluding carboxylic acids is 1. The summed E-state index contributed by atoms with van der Waals surface area (Å²) in [5, 5.41) is 0.515. The van der Waals surface area contributed by atoms with Crippen LogP contribution in [0.2, 0.25) is 5.02 Å². The van der Waals surface area contributed by atoms with Crippen molar-refractivity contribution in [2.75, 3.05) is 33.6 Å². The molecule has 1 fully saturated rings. The van der Waals surface area contributed by atoms with Gasteiger partial charge in [-0.05, 0) is 111 Å². The van der Waals surface area contributed by atoms with Crippen molar-refractivity contribution in [2.45, 2.75) is 44.0 Å². The Morgan fingerprint density at radius 2 is 1.49 bits per heavy atom. The molecule has 2 aliphatic rings. The lowest BCUT2D eigenvalue weighted by Gasteiger charge is -2.32. The van der Waals surface area contributed by atoms with Crippen molar-refractivity contribution in [3.05, 3.63) is 125 Å². The maximum Gasteiger partial charge on any atom is 0.175 e. The number of benzene rings is 3. The number of likely N-dealkylation sites (tertiary alicyclic amines) is 1. The number of ketones is 1. The number of pyridine rings is 2. The largest absolute Gasteiger partial charge is 0.493 e. The number of nitrogens with zero attached hydrogens (tertiary/aromatic N) is 3. The number of methoxy groups -OCH3 is 2. The SMILES string of the molecule is COc1cc2c(cc1OC)C(=O)C(CC1CCN(Cc3ccccc3)CC1)C2.Cc1ccc(-c2ncc(Cl)cc2-c2ccc(S(C)(=O)=O)cc2)cn1.Cl. The van der Waals surface area contributed by atoms with Crippen molar-refractivity contribution in [1.82, 2.24) is 14.9 Å². The minimum atomic E-state index is -3.23. The molecule has 0 amide bonds. The Kier molecular flexibility index (Phi) is 13.3. The molecular weight excluding hydrogens is 729 g/mol. The van der Waals surface area contributed by atoms with Gasteiger partial charge in [-0.3, -0.25) is 19.7 Å². The molecule has 5 aromatic rings. The van der Waals surface area contributed by atoms with Gasteiger partial charge in [0.25, 0.3) is 0 Å². The van der Waals surface area contributed by atoms with Crippen LogP contribution < -0.4 is 9.47 Å². The van der Waals surface area contributed by atoms with E-state index in [1.807, 2.05) is 37.3 Å². The molecule has 0 bridgehead atoms. The highest BCUT2D eigenvalue weighted by molar-refractivity contribution is 7.90. The van der Waals surface area contributed by atoms with Crippen LogP contribution in [0.15, 0.2) is 102 Å². The Morgan fingerprint density at radius 3 is 2.11 bits per heavy atom. The fourth-order valence-electron chi connectivity index (χ4n) is 7.09. The standard InChI is InChI=1S/C24H29NO3.C18H15ClN2O2S.ClH/c1-27-22-14-19-13-20(24(26)21(19)15-23(22)28-2)12-17-8-10-25(11-9-17)16-18-6-4-3-5-7-18;1-12-3-4-14(10-20-12)18-17(9-15(19)11-21-18)13-5-7-16(8-6-13)24(2,22)23;/h3-7,14-15,17,20H,8-13,16H2,1-2H3;3-11H,1-2H3;1H. The number of halogens is 2. The predicted molar refractivity (Wildman–Crippen MR) is 213 cm³/mol. The van der Waals surface area contributed by atoms with Gasteiger partial charge >= 0.3 is 0 Å². The molecule has 53 heavy (non-hydrogen) atoms. The number of hydrogen-bond donors (Lipinski definition) is 0. The summed E-state index contributed by atoms with van der Waals surface area (Å²) in [7, 11) is 0.0274. The second kappa shape index (κ2) is 17.7. The zero-order valence-electron chi connectivity index (χ0n) is 30.4. The smallest absolute Gasteiger partial charge is 0.175 e. The zero-order valence-corrected chi connectivity index (χ0v) is 32.8. The van der Waals surface area contributed by atoms with Gasteiger partial charge in [-0.2, -0.15) is 0 Å². The van der Waals surface area contributed by atoms with Crippen molar-refractivity contribution in [2.24, 2.45) is 11.8 Å². The van der Waals surface area contributed by atoms with E-state index in [0.29, 0.717) is 22.4 Å². The van der Waals surface area contributed by atoms with E-state index in [9.17, 15) is 13.2 Å². The number of rotatable bonds is 9. The average Bonchev–Trinajstić information content (AvgIpc) is 3.45.